The van der Waals surface area contributed by atoms with Gasteiger partial charge in [0.25, 0.3) is 0 Å². The van der Waals surface area contributed by atoms with Gasteiger partial charge in [-0.3, -0.25) is 4.98 Å². The normalized spacial score (nSPS) is 10.3. The lowest BCUT2D eigenvalue weighted by Gasteiger charge is -2.04. The van der Waals surface area contributed by atoms with Gasteiger partial charge < -0.3 is 5.73 Å². The van der Waals surface area contributed by atoms with Crippen molar-refractivity contribution in [3.8, 4) is 11.3 Å². The van der Waals surface area contributed by atoms with Gasteiger partial charge >= 0.3 is 0 Å². The van der Waals surface area contributed by atoms with Crippen molar-refractivity contribution in [1.29, 1.82) is 0 Å². The van der Waals surface area contributed by atoms with E-state index in [0.717, 1.165) is 22.0 Å². The van der Waals surface area contributed by atoms with Crippen LogP contribution < -0.4 is 5.73 Å². The highest BCUT2D eigenvalue weighted by Gasteiger charge is 2.01. The van der Waals surface area contributed by atoms with Gasteiger partial charge in [-0.15, -0.1) is 0 Å². The second kappa shape index (κ2) is 3.91. The molecule has 0 aliphatic carbocycles. The molecule has 2 rings (SSSR count). The highest BCUT2D eigenvalue weighted by atomic mass is 35.5. The number of pyridine rings is 1. The zero-order chi connectivity index (χ0) is 10.8. The van der Waals surface area contributed by atoms with E-state index in [4.69, 9.17) is 17.3 Å². The molecule has 0 saturated heterocycles. The van der Waals surface area contributed by atoms with Crippen molar-refractivity contribution >= 4 is 17.3 Å². The van der Waals surface area contributed by atoms with E-state index in [0.29, 0.717) is 5.69 Å². The Morgan fingerprint density at radius 2 is 1.73 bits per heavy atom. The van der Waals surface area contributed by atoms with Crippen LogP contribution in [0.2, 0.25) is 5.02 Å². The van der Waals surface area contributed by atoms with Crippen molar-refractivity contribution in [3.05, 3.63) is 47.1 Å². The van der Waals surface area contributed by atoms with Crippen LogP contribution in [0.4, 0.5) is 5.69 Å². The molecule has 2 nitrogen and oxygen atoms in total. The fraction of sp³-hybridized carbons (Fsp3) is 0.0833. The van der Waals surface area contributed by atoms with Gasteiger partial charge in [0, 0.05) is 10.6 Å². The highest BCUT2D eigenvalue weighted by molar-refractivity contribution is 6.30. The molecule has 1 heterocycles. The summed E-state index contributed by atoms with van der Waals surface area (Å²) in [5.74, 6) is 0. The quantitative estimate of drug-likeness (QED) is 0.798. The van der Waals surface area contributed by atoms with Crippen molar-refractivity contribution in [2.75, 3.05) is 5.73 Å². The third kappa shape index (κ3) is 2.10. The molecule has 2 aromatic rings. The van der Waals surface area contributed by atoms with E-state index in [9.17, 15) is 0 Å². The van der Waals surface area contributed by atoms with E-state index in [1.54, 1.807) is 0 Å². The number of nitrogen functional groups attached to an aromatic ring is 1. The van der Waals surface area contributed by atoms with E-state index in [-0.39, 0.29) is 0 Å². The van der Waals surface area contributed by atoms with E-state index >= 15 is 0 Å². The van der Waals surface area contributed by atoms with Crippen LogP contribution in [-0.4, -0.2) is 4.98 Å². The number of benzene rings is 1. The summed E-state index contributed by atoms with van der Waals surface area (Å²) >= 11 is 5.82. The third-order valence-electron chi connectivity index (χ3n) is 2.27. The van der Waals surface area contributed by atoms with Crippen LogP contribution in [0.3, 0.4) is 0 Å². The number of hydrogen-bond acceptors (Lipinski definition) is 2. The highest BCUT2D eigenvalue weighted by Crippen LogP contribution is 2.21. The average molecular weight is 219 g/mol. The maximum Gasteiger partial charge on any atom is 0.0706 e. The summed E-state index contributed by atoms with van der Waals surface area (Å²) in [7, 11) is 0. The molecule has 0 bridgehead atoms. The summed E-state index contributed by atoms with van der Waals surface area (Å²) in [5.41, 5.74) is 9.23. The van der Waals surface area contributed by atoms with E-state index in [1.807, 2.05) is 43.3 Å². The van der Waals surface area contributed by atoms with Crippen LogP contribution in [0.5, 0.6) is 0 Å². The smallest absolute Gasteiger partial charge is 0.0706 e. The monoisotopic (exact) mass is 218 g/mol. The van der Waals surface area contributed by atoms with Crippen LogP contribution >= 0.6 is 11.6 Å². The molecule has 1 aromatic carbocycles. The lowest BCUT2D eigenvalue weighted by atomic mass is 10.1. The number of aryl methyl sites for hydroxylation is 1. The van der Waals surface area contributed by atoms with E-state index in [1.165, 1.54) is 0 Å². The minimum absolute atomic E-state index is 0.715. The standard InChI is InChI=1S/C12H11ClN2/c1-8-11(14)6-7-12(15-8)9-2-4-10(13)5-3-9/h2-7H,14H2,1H3. The minimum atomic E-state index is 0.715. The lowest BCUT2D eigenvalue weighted by Crippen LogP contribution is -1.94. The molecule has 76 valence electrons. The lowest BCUT2D eigenvalue weighted by molar-refractivity contribution is 1.21. The van der Waals surface area contributed by atoms with Crippen LogP contribution in [0.15, 0.2) is 36.4 Å². The minimum Gasteiger partial charge on any atom is -0.397 e. The molecule has 0 amide bonds. The summed E-state index contributed by atoms with van der Waals surface area (Å²) < 4.78 is 0. The molecular formula is C12H11ClN2. The molecule has 2 N–H and O–H groups in total. The molecule has 0 radical (unpaired) electrons. The molecule has 0 aliphatic heterocycles. The van der Waals surface area contributed by atoms with E-state index in [2.05, 4.69) is 4.98 Å². The summed E-state index contributed by atoms with van der Waals surface area (Å²) in [4.78, 5) is 4.40. The largest absolute Gasteiger partial charge is 0.397 e. The molecule has 0 fully saturated rings. The maximum absolute atomic E-state index is 5.82. The Morgan fingerprint density at radius 1 is 1.07 bits per heavy atom. The molecule has 0 spiro atoms. The predicted molar refractivity (Wildman–Crippen MR) is 63.8 cm³/mol. The Hall–Kier alpha value is -1.54. The van der Waals surface area contributed by atoms with E-state index < -0.39 is 0 Å². The third-order valence-corrected chi connectivity index (χ3v) is 2.52. The summed E-state index contributed by atoms with van der Waals surface area (Å²) in [6.45, 7) is 1.90. The van der Waals surface area contributed by atoms with Crippen LogP contribution in [-0.2, 0) is 0 Å². The molecule has 3 heteroatoms. The first-order valence-electron chi connectivity index (χ1n) is 4.66. The number of aromatic nitrogens is 1. The number of hydrogen-bond donors (Lipinski definition) is 1. The average Bonchev–Trinajstić information content (AvgIpc) is 2.23. The Morgan fingerprint density at radius 3 is 2.33 bits per heavy atom. The zero-order valence-electron chi connectivity index (χ0n) is 8.37. The van der Waals surface area contributed by atoms with Gasteiger partial charge in [0.05, 0.1) is 17.1 Å². The second-order valence-corrected chi connectivity index (χ2v) is 3.81. The van der Waals surface area contributed by atoms with Gasteiger partial charge in [0.15, 0.2) is 0 Å². The maximum atomic E-state index is 5.82. The number of nitrogens with zero attached hydrogens (tertiary/aromatic N) is 1. The molecule has 0 aliphatic rings. The predicted octanol–water partition coefficient (Wildman–Crippen LogP) is 3.29. The van der Waals surface area contributed by atoms with Crippen LogP contribution in [0, 0.1) is 6.92 Å². The van der Waals surface area contributed by atoms with Crippen molar-refractivity contribution in [3.63, 3.8) is 0 Å². The van der Waals surface area contributed by atoms with Crippen molar-refractivity contribution in [2.45, 2.75) is 6.92 Å². The van der Waals surface area contributed by atoms with Gasteiger partial charge in [-0.1, -0.05) is 23.7 Å². The first kappa shape index (κ1) is 9.99. The molecule has 1 aromatic heterocycles. The molecule has 15 heavy (non-hydrogen) atoms. The Balaban J connectivity index is 2.45. The van der Waals surface area contributed by atoms with Gasteiger partial charge in [-0.05, 0) is 31.2 Å². The summed E-state index contributed by atoms with van der Waals surface area (Å²) in [5, 5.41) is 0.728. The number of nitrogens with two attached hydrogens (primary N) is 1. The number of halogens is 1. The number of rotatable bonds is 1. The fourth-order valence-electron chi connectivity index (χ4n) is 1.35. The van der Waals surface area contributed by atoms with Crippen molar-refractivity contribution < 1.29 is 0 Å². The van der Waals surface area contributed by atoms with Crippen molar-refractivity contribution in [1.82, 2.24) is 4.98 Å². The zero-order valence-corrected chi connectivity index (χ0v) is 9.12. The molecule has 0 unspecified atom stereocenters. The summed E-state index contributed by atoms with van der Waals surface area (Å²) in [6.07, 6.45) is 0. The number of anilines is 1. The van der Waals surface area contributed by atoms with Gasteiger partial charge in [-0.2, -0.15) is 0 Å². The van der Waals surface area contributed by atoms with Crippen LogP contribution in [0.1, 0.15) is 5.69 Å². The van der Waals surface area contributed by atoms with Crippen molar-refractivity contribution in [2.24, 2.45) is 0 Å². The molecular weight excluding hydrogens is 208 g/mol. The Bertz CT molecular complexity index is 477. The second-order valence-electron chi connectivity index (χ2n) is 3.38. The molecule has 0 atom stereocenters. The van der Waals surface area contributed by atoms with Gasteiger partial charge in [0.2, 0.25) is 0 Å². The first-order chi connectivity index (χ1) is 7.16. The molecule has 0 saturated carbocycles. The SMILES string of the molecule is Cc1nc(-c2ccc(Cl)cc2)ccc1N. The van der Waals surface area contributed by atoms with Gasteiger partial charge in [0.1, 0.15) is 0 Å². The first-order valence-corrected chi connectivity index (χ1v) is 5.03. The van der Waals surface area contributed by atoms with Gasteiger partial charge in [-0.25, -0.2) is 0 Å². The Labute approximate surface area is 93.7 Å². The topological polar surface area (TPSA) is 38.9 Å². The fourth-order valence-corrected chi connectivity index (χ4v) is 1.48. The summed E-state index contributed by atoms with van der Waals surface area (Å²) in [6, 6.07) is 11.4. The van der Waals surface area contributed by atoms with Crippen LogP contribution in [0.25, 0.3) is 11.3 Å². The Kier molecular flexibility index (Phi) is 2.60.